The van der Waals surface area contributed by atoms with E-state index >= 15 is 0 Å². The number of carbonyl (C=O) groups is 1. The number of nitrogens with one attached hydrogen (secondary N) is 2. The summed E-state index contributed by atoms with van der Waals surface area (Å²) in [6.07, 6.45) is 3.43. The third-order valence-electron chi connectivity index (χ3n) is 4.69. The zero-order chi connectivity index (χ0) is 16.8. The third kappa shape index (κ3) is 5.70. The number of benzene rings is 1. The van der Waals surface area contributed by atoms with E-state index < -0.39 is 0 Å². The summed E-state index contributed by atoms with van der Waals surface area (Å²) in [7, 11) is 2.29. The maximum Gasteiger partial charge on any atom is 0.321 e. The van der Waals surface area contributed by atoms with Crippen LogP contribution < -0.4 is 10.2 Å². The molecule has 0 aromatic heterocycles. The van der Waals surface area contributed by atoms with Crippen LogP contribution in [0.5, 0.6) is 0 Å². The van der Waals surface area contributed by atoms with Gasteiger partial charge in [0.25, 0.3) is 0 Å². The first-order valence-electron chi connectivity index (χ1n) is 8.59. The van der Waals surface area contributed by atoms with Gasteiger partial charge in [-0.1, -0.05) is 25.4 Å². The number of likely N-dealkylation sites (tertiary alicyclic amines) is 1. The lowest BCUT2D eigenvalue weighted by Crippen LogP contribution is -3.13. The van der Waals surface area contributed by atoms with Gasteiger partial charge in [0.1, 0.15) is 0 Å². The van der Waals surface area contributed by atoms with Crippen LogP contribution in [0.25, 0.3) is 0 Å². The van der Waals surface area contributed by atoms with Gasteiger partial charge < -0.3 is 15.1 Å². The van der Waals surface area contributed by atoms with Crippen LogP contribution in [-0.4, -0.2) is 43.7 Å². The van der Waals surface area contributed by atoms with Crippen LogP contribution in [0.1, 0.15) is 33.1 Å². The van der Waals surface area contributed by atoms with Gasteiger partial charge in [-0.2, -0.15) is 0 Å². The quantitative estimate of drug-likeness (QED) is 0.851. The van der Waals surface area contributed by atoms with E-state index in [2.05, 4.69) is 26.2 Å². The van der Waals surface area contributed by atoms with Gasteiger partial charge >= 0.3 is 6.03 Å². The molecule has 0 radical (unpaired) electrons. The Hall–Kier alpha value is -1.26. The molecule has 0 spiro atoms. The van der Waals surface area contributed by atoms with Gasteiger partial charge in [0.2, 0.25) is 0 Å². The van der Waals surface area contributed by atoms with Crippen molar-refractivity contribution in [2.45, 2.75) is 39.2 Å². The number of carbonyl (C=O) groups excluding carboxylic acids is 1. The van der Waals surface area contributed by atoms with Crippen LogP contribution in [-0.2, 0) is 0 Å². The normalized spacial score (nSPS) is 17.3. The molecule has 4 nitrogen and oxygen atoms in total. The van der Waals surface area contributed by atoms with Crippen LogP contribution in [0.4, 0.5) is 10.5 Å². The summed E-state index contributed by atoms with van der Waals surface area (Å²) in [5.41, 5.74) is 0.793. The second-order valence-electron chi connectivity index (χ2n) is 6.98. The highest BCUT2D eigenvalue weighted by Gasteiger charge is 2.27. The average Bonchev–Trinajstić information content (AvgIpc) is 2.55. The van der Waals surface area contributed by atoms with E-state index in [9.17, 15) is 4.79 Å². The largest absolute Gasteiger partial charge is 0.335 e. The maximum absolute atomic E-state index is 12.3. The fraction of sp³-hybridized carbons (Fsp3) is 0.611. The molecular formula is C18H29ClN3O+. The van der Waals surface area contributed by atoms with Gasteiger partial charge in [0.05, 0.1) is 19.6 Å². The van der Waals surface area contributed by atoms with Crippen molar-refractivity contribution in [1.29, 1.82) is 0 Å². The van der Waals surface area contributed by atoms with Gasteiger partial charge in [-0.3, -0.25) is 0 Å². The molecule has 0 aliphatic carbocycles. The Morgan fingerprint density at radius 2 is 1.91 bits per heavy atom. The maximum atomic E-state index is 12.3. The van der Waals surface area contributed by atoms with Gasteiger partial charge in [0.15, 0.2) is 0 Å². The molecule has 1 atom stereocenters. The minimum Gasteiger partial charge on any atom is -0.335 e. The third-order valence-corrected chi connectivity index (χ3v) is 4.94. The van der Waals surface area contributed by atoms with Crippen LogP contribution >= 0.6 is 11.6 Å². The van der Waals surface area contributed by atoms with Gasteiger partial charge in [-0.05, 0) is 36.6 Å². The van der Waals surface area contributed by atoms with Crippen molar-refractivity contribution in [2.24, 2.45) is 5.92 Å². The molecule has 1 saturated heterocycles. The number of amides is 2. The molecule has 1 unspecified atom stereocenters. The zero-order valence-electron chi connectivity index (χ0n) is 14.4. The number of halogens is 1. The second kappa shape index (κ2) is 8.55. The minimum absolute atomic E-state index is 0.00870. The van der Waals surface area contributed by atoms with Crippen molar-refractivity contribution in [3.05, 3.63) is 29.3 Å². The monoisotopic (exact) mass is 338 g/mol. The Morgan fingerprint density at radius 1 is 1.30 bits per heavy atom. The standard InChI is InChI=1S/C18H28ClN3O/c1-14(2)8-11-21(3)17-9-12-22(13-10-17)18(23)20-16-6-4-15(19)5-7-16/h4-7,14,17H,8-13H2,1-3H3,(H,20,23)/p+1. The number of hydrogen-bond acceptors (Lipinski definition) is 1. The number of quaternary nitrogens is 1. The van der Waals surface area contributed by atoms with Crippen molar-refractivity contribution < 1.29 is 9.69 Å². The smallest absolute Gasteiger partial charge is 0.321 e. The molecule has 1 aliphatic heterocycles. The van der Waals surface area contributed by atoms with Crippen molar-refractivity contribution in [3.8, 4) is 0 Å². The van der Waals surface area contributed by atoms with E-state index in [0.717, 1.165) is 37.5 Å². The molecule has 2 rings (SSSR count). The molecule has 5 heteroatoms. The van der Waals surface area contributed by atoms with Gasteiger partial charge in [-0.25, -0.2) is 4.79 Å². The van der Waals surface area contributed by atoms with Crippen molar-refractivity contribution in [1.82, 2.24) is 4.90 Å². The molecule has 1 heterocycles. The summed E-state index contributed by atoms with van der Waals surface area (Å²) in [5, 5.41) is 3.62. The molecule has 0 saturated carbocycles. The van der Waals surface area contributed by atoms with Crippen molar-refractivity contribution >= 4 is 23.3 Å². The van der Waals surface area contributed by atoms with Gasteiger partial charge in [0, 0.05) is 36.6 Å². The lowest BCUT2D eigenvalue weighted by atomic mass is 10.0. The van der Waals surface area contributed by atoms with E-state index in [4.69, 9.17) is 11.6 Å². The Balaban J connectivity index is 1.77. The number of hydrogen-bond donors (Lipinski definition) is 2. The molecule has 2 N–H and O–H groups in total. The highest BCUT2D eigenvalue weighted by Crippen LogP contribution is 2.15. The molecule has 0 bridgehead atoms. The Kier molecular flexibility index (Phi) is 6.72. The molecule has 128 valence electrons. The van der Waals surface area contributed by atoms with Crippen molar-refractivity contribution in [2.75, 3.05) is 32.0 Å². The lowest BCUT2D eigenvalue weighted by Gasteiger charge is -2.34. The predicted molar refractivity (Wildman–Crippen MR) is 96.3 cm³/mol. The first-order valence-corrected chi connectivity index (χ1v) is 8.97. The molecule has 1 aromatic rings. The number of urea groups is 1. The lowest BCUT2D eigenvalue weighted by molar-refractivity contribution is -0.907. The summed E-state index contributed by atoms with van der Waals surface area (Å²) in [6.45, 7) is 7.44. The summed E-state index contributed by atoms with van der Waals surface area (Å²) >= 11 is 5.86. The van der Waals surface area contributed by atoms with Crippen LogP contribution in [0.2, 0.25) is 5.02 Å². The summed E-state index contributed by atoms with van der Waals surface area (Å²) in [4.78, 5) is 15.8. The molecule has 1 aliphatic rings. The van der Waals surface area contributed by atoms with Crippen LogP contribution in [0, 0.1) is 5.92 Å². The van der Waals surface area contributed by atoms with E-state index in [1.807, 2.05) is 17.0 Å². The molecule has 2 amide bonds. The number of nitrogens with zero attached hydrogens (tertiary/aromatic N) is 1. The Labute approximate surface area is 144 Å². The number of piperidine rings is 1. The highest BCUT2D eigenvalue weighted by atomic mass is 35.5. The van der Waals surface area contributed by atoms with E-state index in [1.54, 1.807) is 17.0 Å². The highest BCUT2D eigenvalue weighted by molar-refractivity contribution is 6.30. The topological polar surface area (TPSA) is 36.8 Å². The number of anilines is 1. The van der Waals surface area contributed by atoms with E-state index in [1.165, 1.54) is 13.0 Å². The molecular weight excluding hydrogens is 310 g/mol. The molecule has 23 heavy (non-hydrogen) atoms. The van der Waals surface area contributed by atoms with Gasteiger partial charge in [-0.15, -0.1) is 0 Å². The van der Waals surface area contributed by atoms with Crippen LogP contribution in [0.15, 0.2) is 24.3 Å². The number of rotatable bonds is 5. The Morgan fingerprint density at radius 3 is 2.48 bits per heavy atom. The van der Waals surface area contributed by atoms with E-state index in [-0.39, 0.29) is 6.03 Å². The first-order chi connectivity index (χ1) is 11.0. The van der Waals surface area contributed by atoms with Crippen molar-refractivity contribution in [3.63, 3.8) is 0 Å². The summed E-state index contributed by atoms with van der Waals surface area (Å²) < 4.78 is 0. The predicted octanol–water partition coefficient (Wildman–Crippen LogP) is 2.90. The first kappa shape index (κ1) is 18.1. The van der Waals surface area contributed by atoms with E-state index in [0.29, 0.717) is 11.1 Å². The summed E-state index contributed by atoms with van der Waals surface area (Å²) in [5.74, 6) is 0.759. The second-order valence-corrected chi connectivity index (χ2v) is 7.41. The summed E-state index contributed by atoms with van der Waals surface area (Å²) in [6, 6.07) is 7.90. The molecule has 1 fully saturated rings. The SMILES string of the molecule is CC(C)CC[NH+](C)C1CCN(C(=O)Nc2ccc(Cl)cc2)CC1. The van der Waals surface area contributed by atoms with Crippen LogP contribution in [0.3, 0.4) is 0 Å². The Bertz CT molecular complexity index is 495. The minimum atomic E-state index is -0.00870. The zero-order valence-corrected chi connectivity index (χ0v) is 15.2. The average molecular weight is 339 g/mol. The molecule has 1 aromatic carbocycles. The fourth-order valence-corrected chi connectivity index (χ4v) is 3.16. The fourth-order valence-electron chi connectivity index (χ4n) is 3.03.